The molecule has 0 amide bonds. The summed E-state index contributed by atoms with van der Waals surface area (Å²) in [5.41, 5.74) is 4.27. The molecule has 2 aromatic rings. The molecule has 2 aliphatic rings. The van der Waals surface area contributed by atoms with Gasteiger partial charge in [-0.3, -0.25) is 9.69 Å². The fourth-order valence-corrected chi connectivity index (χ4v) is 4.93. The largest absolute Gasteiger partial charge is 0.469 e. The van der Waals surface area contributed by atoms with Crippen LogP contribution in [0, 0.1) is 11.8 Å². The quantitative estimate of drug-likeness (QED) is 0.610. The first-order chi connectivity index (χ1) is 12.5. The van der Waals surface area contributed by atoms with E-state index in [1.54, 1.807) is 0 Å². The number of esters is 1. The summed E-state index contributed by atoms with van der Waals surface area (Å²) in [6, 6.07) is 8.20. The molecule has 0 radical (unpaired) electrons. The van der Waals surface area contributed by atoms with E-state index in [2.05, 4.69) is 29.1 Å². The van der Waals surface area contributed by atoms with Crippen LogP contribution in [0.1, 0.15) is 30.7 Å². The molecular weight excluding hydrogens is 328 g/mol. The third-order valence-electron chi connectivity index (χ3n) is 6.24. The molecule has 2 heterocycles. The molecule has 0 saturated carbocycles. The van der Waals surface area contributed by atoms with Gasteiger partial charge >= 0.3 is 5.97 Å². The van der Waals surface area contributed by atoms with E-state index >= 15 is 0 Å². The second-order valence-corrected chi connectivity index (χ2v) is 7.52. The number of aromatic amines is 1. The van der Waals surface area contributed by atoms with E-state index in [1.807, 2.05) is 25.1 Å². The molecule has 4 atom stereocenters. The van der Waals surface area contributed by atoms with Crippen molar-refractivity contribution < 1.29 is 14.6 Å². The average Bonchev–Trinajstić information content (AvgIpc) is 3.01. The standard InChI is InChI=1S/C21H26N2O3/c1-4-12-11-23(2)17-9-15-13-7-5-6-8-16(13)22-20(15)18(24)10-14(12)19(17)21(25)26-3/h4-8,14,17-19,22,24H,9-11H2,1-3H3/b12-4-/t14-,17+,18-,19+/m1/s1. The van der Waals surface area contributed by atoms with E-state index < -0.39 is 6.10 Å². The van der Waals surface area contributed by atoms with E-state index in [-0.39, 0.29) is 23.8 Å². The van der Waals surface area contributed by atoms with Gasteiger partial charge in [0, 0.05) is 29.2 Å². The van der Waals surface area contributed by atoms with Crippen molar-refractivity contribution >= 4 is 16.9 Å². The lowest BCUT2D eigenvalue weighted by molar-refractivity contribution is -0.151. The summed E-state index contributed by atoms with van der Waals surface area (Å²) < 4.78 is 5.17. The molecule has 1 aliphatic heterocycles. The van der Waals surface area contributed by atoms with Gasteiger partial charge in [0.05, 0.1) is 19.1 Å². The minimum Gasteiger partial charge on any atom is -0.469 e. The number of benzene rings is 1. The van der Waals surface area contributed by atoms with Gasteiger partial charge in [-0.1, -0.05) is 29.8 Å². The zero-order valence-electron chi connectivity index (χ0n) is 15.5. The minimum atomic E-state index is -0.617. The van der Waals surface area contributed by atoms with Crippen LogP contribution < -0.4 is 0 Å². The summed E-state index contributed by atoms with van der Waals surface area (Å²) in [7, 11) is 3.53. The minimum absolute atomic E-state index is 0.00297. The van der Waals surface area contributed by atoms with E-state index in [4.69, 9.17) is 4.74 Å². The molecule has 2 N–H and O–H groups in total. The Hall–Kier alpha value is -2.11. The van der Waals surface area contributed by atoms with E-state index in [1.165, 1.54) is 12.7 Å². The van der Waals surface area contributed by atoms with Crippen LogP contribution in [0.5, 0.6) is 0 Å². The normalized spacial score (nSPS) is 30.7. The first kappa shape index (κ1) is 17.3. The number of carbonyl (C=O) groups excluding carboxylic acids is 1. The van der Waals surface area contributed by atoms with Gasteiger partial charge in [-0.25, -0.2) is 0 Å². The van der Waals surface area contributed by atoms with Crippen molar-refractivity contribution in [2.24, 2.45) is 11.8 Å². The summed E-state index contributed by atoms with van der Waals surface area (Å²) in [6.45, 7) is 2.83. The van der Waals surface area contributed by atoms with Gasteiger partial charge in [-0.2, -0.15) is 0 Å². The number of fused-ring (bicyclic) bond motifs is 5. The number of carbonyl (C=O) groups is 1. The summed E-state index contributed by atoms with van der Waals surface area (Å²) >= 11 is 0. The maximum atomic E-state index is 12.7. The second-order valence-electron chi connectivity index (χ2n) is 7.52. The number of methoxy groups -OCH3 is 1. The lowest BCUT2D eigenvalue weighted by Gasteiger charge is -2.46. The summed E-state index contributed by atoms with van der Waals surface area (Å²) in [4.78, 5) is 18.4. The highest BCUT2D eigenvalue weighted by Gasteiger charge is 2.46. The topological polar surface area (TPSA) is 65.6 Å². The van der Waals surface area contributed by atoms with Crippen LogP contribution in [-0.2, 0) is 16.0 Å². The zero-order chi connectivity index (χ0) is 18.4. The van der Waals surface area contributed by atoms with E-state index in [0.717, 1.165) is 35.1 Å². The fraction of sp³-hybridized carbons (Fsp3) is 0.476. The molecule has 1 aromatic heterocycles. The molecule has 5 heteroatoms. The number of hydrogen-bond donors (Lipinski definition) is 2. The van der Waals surface area contributed by atoms with Crippen molar-refractivity contribution in [3.8, 4) is 0 Å². The van der Waals surface area contributed by atoms with Crippen LogP contribution in [0.3, 0.4) is 0 Å². The predicted molar refractivity (Wildman–Crippen MR) is 101 cm³/mol. The van der Waals surface area contributed by atoms with E-state index in [9.17, 15) is 9.90 Å². The molecule has 1 saturated heterocycles. The molecule has 26 heavy (non-hydrogen) atoms. The number of H-pyrrole nitrogens is 1. The number of rotatable bonds is 1. The van der Waals surface area contributed by atoms with E-state index in [0.29, 0.717) is 6.42 Å². The molecule has 138 valence electrons. The Morgan fingerprint density at radius 3 is 2.88 bits per heavy atom. The maximum absolute atomic E-state index is 12.7. The number of para-hydroxylation sites is 1. The van der Waals surface area contributed by atoms with Crippen LogP contribution >= 0.6 is 0 Å². The first-order valence-electron chi connectivity index (χ1n) is 9.25. The fourth-order valence-electron chi connectivity index (χ4n) is 4.93. The van der Waals surface area contributed by atoms with Gasteiger partial charge in [0.1, 0.15) is 0 Å². The molecular formula is C21H26N2O3. The van der Waals surface area contributed by atoms with Crippen molar-refractivity contribution in [2.45, 2.75) is 31.9 Å². The molecule has 0 spiro atoms. The highest BCUT2D eigenvalue weighted by molar-refractivity contribution is 5.85. The molecule has 1 aromatic carbocycles. The number of aromatic nitrogens is 1. The monoisotopic (exact) mass is 354 g/mol. The Morgan fingerprint density at radius 1 is 1.38 bits per heavy atom. The number of aliphatic hydroxyl groups excluding tert-OH is 1. The number of piperidine rings is 1. The molecule has 0 unspecified atom stereocenters. The number of ether oxygens (including phenoxy) is 1. The van der Waals surface area contributed by atoms with Crippen LogP contribution in [-0.4, -0.2) is 47.7 Å². The van der Waals surface area contributed by atoms with Crippen LogP contribution in [0.4, 0.5) is 0 Å². The third kappa shape index (κ3) is 2.58. The van der Waals surface area contributed by atoms with Crippen molar-refractivity contribution in [3.05, 3.63) is 47.2 Å². The Morgan fingerprint density at radius 2 is 2.15 bits per heavy atom. The maximum Gasteiger partial charge on any atom is 0.310 e. The van der Waals surface area contributed by atoms with Crippen molar-refractivity contribution in [3.63, 3.8) is 0 Å². The summed E-state index contributed by atoms with van der Waals surface area (Å²) in [5.74, 6) is -0.439. The van der Waals surface area contributed by atoms with Gasteiger partial charge in [-0.15, -0.1) is 0 Å². The smallest absolute Gasteiger partial charge is 0.310 e. The molecule has 4 rings (SSSR count). The third-order valence-corrected chi connectivity index (χ3v) is 6.24. The number of aliphatic hydroxyl groups is 1. The van der Waals surface area contributed by atoms with Crippen LogP contribution in [0.15, 0.2) is 35.9 Å². The highest BCUT2D eigenvalue weighted by atomic mass is 16.5. The molecule has 1 fully saturated rings. The SMILES string of the molecule is C/C=C1/CN(C)[C@H]2Cc3c([nH]c4ccccc34)[C@H](O)C[C@H]1[C@@H]2C(=O)OC. The van der Waals surface area contributed by atoms with Crippen molar-refractivity contribution in [1.29, 1.82) is 0 Å². The van der Waals surface area contributed by atoms with Gasteiger partial charge in [0.15, 0.2) is 0 Å². The molecule has 1 aliphatic carbocycles. The number of likely N-dealkylation sites (tertiary alicyclic amines) is 1. The summed E-state index contributed by atoms with van der Waals surface area (Å²) in [5, 5.41) is 12.1. The van der Waals surface area contributed by atoms with Gasteiger partial charge in [-0.05, 0) is 44.4 Å². The summed E-state index contributed by atoms with van der Waals surface area (Å²) in [6.07, 6.45) is 2.73. The zero-order valence-corrected chi connectivity index (χ0v) is 15.5. The number of allylic oxidation sites excluding steroid dienone is 1. The van der Waals surface area contributed by atoms with Gasteiger partial charge in [0.2, 0.25) is 0 Å². The lowest BCUT2D eigenvalue weighted by atomic mass is 9.70. The highest BCUT2D eigenvalue weighted by Crippen LogP contribution is 2.44. The van der Waals surface area contributed by atoms with Crippen LogP contribution in [0.25, 0.3) is 10.9 Å². The number of nitrogens with zero attached hydrogens (tertiary/aromatic N) is 1. The van der Waals surface area contributed by atoms with Crippen molar-refractivity contribution in [1.82, 2.24) is 9.88 Å². The second kappa shape index (κ2) is 6.56. The predicted octanol–water partition coefficient (Wildman–Crippen LogP) is 2.81. The lowest BCUT2D eigenvalue weighted by Crippen LogP contribution is -2.53. The van der Waals surface area contributed by atoms with Gasteiger partial charge in [0.25, 0.3) is 0 Å². The Labute approximate surface area is 153 Å². The molecule has 2 bridgehead atoms. The average molecular weight is 354 g/mol. The first-order valence-corrected chi connectivity index (χ1v) is 9.25. The number of nitrogens with one attached hydrogen (secondary N) is 1. The Bertz CT molecular complexity index is 869. The Kier molecular flexibility index (Phi) is 4.37. The number of likely N-dealkylation sites (N-methyl/N-ethyl adjacent to an activating group) is 1. The Balaban J connectivity index is 1.89. The number of hydrogen-bond acceptors (Lipinski definition) is 4. The van der Waals surface area contributed by atoms with Crippen LogP contribution in [0.2, 0.25) is 0 Å². The van der Waals surface area contributed by atoms with Gasteiger partial charge < -0.3 is 14.8 Å². The molecule has 5 nitrogen and oxygen atoms in total. The van der Waals surface area contributed by atoms with Crippen molar-refractivity contribution in [2.75, 3.05) is 20.7 Å².